The highest BCUT2D eigenvalue weighted by molar-refractivity contribution is 7.98. The lowest BCUT2D eigenvalue weighted by Crippen LogP contribution is -2.57. The summed E-state index contributed by atoms with van der Waals surface area (Å²) in [5.41, 5.74) is 10.8. The molecule has 0 heterocycles. The van der Waals surface area contributed by atoms with Gasteiger partial charge in [0.25, 0.3) is 0 Å². The van der Waals surface area contributed by atoms with Crippen LogP contribution in [0.25, 0.3) is 0 Å². The Morgan fingerprint density at radius 1 is 0.857 bits per heavy atom. The summed E-state index contributed by atoms with van der Waals surface area (Å²) >= 11 is 1.41. The van der Waals surface area contributed by atoms with Crippen molar-refractivity contribution in [1.29, 1.82) is 0 Å². The highest BCUT2D eigenvalue weighted by atomic mass is 32.2. The Kier molecular flexibility index (Phi) is 15.3. The van der Waals surface area contributed by atoms with Gasteiger partial charge in [-0.25, -0.2) is 4.79 Å². The summed E-state index contributed by atoms with van der Waals surface area (Å²) in [4.78, 5) is 71.7. The van der Waals surface area contributed by atoms with Gasteiger partial charge in [0.15, 0.2) is 0 Å². The van der Waals surface area contributed by atoms with Crippen molar-refractivity contribution in [3.8, 4) is 0 Å². The predicted octanol–water partition coefficient (Wildman–Crippen LogP) is -1.22. The number of nitrogens with two attached hydrogens (primary N) is 2. The quantitative estimate of drug-likeness (QED) is 0.114. The van der Waals surface area contributed by atoms with E-state index in [4.69, 9.17) is 16.6 Å². The Morgan fingerprint density at radius 2 is 1.40 bits per heavy atom. The molecule has 0 aliphatic heterocycles. The van der Waals surface area contributed by atoms with Crippen LogP contribution in [0.1, 0.15) is 52.4 Å². The van der Waals surface area contributed by atoms with E-state index in [2.05, 4.69) is 16.0 Å². The predicted molar refractivity (Wildman–Crippen MR) is 129 cm³/mol. The van der Waals surface area contributed by atoms with Gasteiger partial charge in [-0.15, -0.1) is 0 Å². The van der Waals surface area contributed by atoms with E-state index in [1.54, 1.807) is 20.1 Å². The largest absolute Gasteiger partial charge is 0.481 e. The summed E-state index contributed by atoms with van der Waals surface area (Å²) in [5, 5.41) is 25.8. The molecule has 0 fully saturated rings. The lowest BCUT2D eigenvalue weighted by atomic mass is 9.98. The molecule has 0 aromatic rings. The van der Waals surface area contributed by atoms with Crippen LogP contribution >= 0.6 is 11.8 Å². The fourth-order valence-electron chi connectivity index (χ4n) is 2.96. The number of carbonyl (C=O) groups excluding carboxylic acids is 4. The number of primary amides is 1. The molecule has 5 atom stereocenters. The standard InChI is InChI=1S/C21H37N5O8S/c1-4-11(2)17(21(33)34)26-20(32)14(9-10-35-3)25-19(31)13(6-8-16(28)29)24-18(30)12(22)5-7-15(23)27/h11-14,17H,4-10,22H2,1-3H3,(H2,23,27)(H,24,30)(H,25,31)(H,26,32)(H,28,29)(H,33,34). The average Bonchev–Trinajstić information content (AvgIpc) is 2.79. The zero-order valence-corrected chi connectivity index (χ0v) is 21.1. The molecule has 9 N–H and O–H groups in total. The third kappa shape index (κ3) is 13.0. The van der Waals surface area contributed by atoms with E-state index in [0.717, 1.165) is 0 Å². The van der Waals surface area contributed by atoms with Crippen molar-refractivity contribution in [1.82, 2.24) is 16.0 Å². The molecule has 35 heavy (non-hydrogen) atoms. The highest BCUT2D eigenvalue weighted by Gasteiger charge is 2.32. The van der Waals surface area contributed by atoms with Gasteiger partial charge in [0.1, 0.15) is 18.1 Å². The van der Waals surface area contributed by atoms with E-state index >= 15 is 0 Å². The maximum atomic E-state index is 12.9. The van der Waals surface area contributed by atoms with E-state index in [-0.39, 0.29) is 31.6 Å². The second-order valence-corrected chi connectivity index (χ2v) is 9.14. The molecule has 0 rings (SSSR count). The van der Waals surface area contributed by atoms with Crippen molar-refractivity contribution in [2.75, 3.05) is 12.0 Å². The fraction of sp³-hybridized carbons (Fsp3) is 0.714. The molecule has 200 valence electrons. The summed E-state index contributed by atoms with van der Waals surface area (Å²) in [6.07, 6.45) is 1.50. The van der Waals surface area contributed by atoms with Crippen LogP contribution in [0.5, 0.6) is 0 Å². The number of aliphatic carboxylic acids is 2. The SMILES string of the molecule is CCC(C)C(NC(=O)C(CCSC)NC(=O)C(CCC(=O)O)NC(=O)C(N)CCC(N)=O)C(=O)O. The first kappa shape index (κ1) is 32.1. The van der Waals surface area contributed by atoms with Crippen LogP contribution in [0, 0.1) is 5.92 Å². The third-order valence-electron chi connectivity index (χ3n) is 5.34. The minimum atomic E-state index is -1.33. The number of nitrogens with one attached hydrogen (secondary N) is 3. The average molecular weight is 520 g/mol. The van der Waals surface area contributed by atoms with Gasteiger partial charge in [-0.2, -0.15) is 11.8 Å². The second-order valence-electron chi connectivity index (χ2n) is 8.16. The van der Waals surface area contributed by atoms with Crippen LogP contribution in [0.4, 0.5) is 0 Å². The van der Waals surface area contributed by atoms with Crippen LogP contribution in [-0.4, -0.2) is 82.0 Å². The molecule has 0 aliphatic rings. The van der Waals surface area contributed by atoms with Crippen molar-refractivity contribution in [2.45, 2.75) is 76.5 Å². The Morgan fingerprint density at radius 3 is 1.89 bits per heavy atom. The van der Waals surface area contributed by atoms with Gasteiger partial charge in [-0.3, -0.25) is 24.0 Å². The molecule has 0 aromatic heterocycles. The van der Waals surface area contributed by atoms with Crippen LogP contribution in [-0.2, 0) is 28.8 Å². The van der Waals surface area contributed by atoms with Crippen LogP contribution in [0.15, 0.2) is 0 Å². The van der Waals surface area contributed by atoms with Crippen molar-refractivity contribution in [3.63, 3.8) is 0 Å². The molecule has 13 nitrogen and oxygen atoms in total. The van der Waals surface area contributed by atoms with E-state index in [1.165, 1.54) is 11.8 Å². The first-order valence-electron chi connectivity index (χ1n) is 11.2. The number of rotatable bonds is 18. The molecule has 0 saturated carbocycles. The fourth-order valence-corrected chi connectivity index (χ4v) is 3.43. The zero-order chi connectivity index (χ0) is 27.1. The topological polar surface area (TPSA) is 231 Å². The molecule has 14 heteroatoms. The van der Waals surface area contributed by atoms with Crippen molar-refractivity contribution in [2.24, 2.45) is 17.4 Å². The summed E-state index contributed by atoms with van der Waals surface area (Å²) in [5.74, 6) is -5.29. The normalized spacial score (nSPS) is 15.1. The van der Waals surface area contributed by atoms with Crippen LogP contribution < -0.4 is 27.4 Å². The molecule has 0 bridgehead atoms. The van der Waals surface area contributed by atoms with Crippen LogP contribution in [0.3, 0.4) is 0 Å². The number of hydrogen-bond donors (Lipinski definition) is 7. The zero-order valence-electron chi connectivity index (χ0n) is 20.2. The number of amides is 4. The van der Waals surface area contributed by atoms with Crippen molar-refractivity contribution < 1.29 is 39.0 Å². The number of thioether (sulfide) groups is 1. The lowest BCUT2D eigenvalue weighted by Gasteiger charge is -2.26. The maximum Gasteiger partial charge on any atom is 0.326 e. The molecule has 0 aliphatic carbocycles. The minimum Gasteiger partial charge on any atom is -0.481 e. The lowest BCUT2D eigenvalue weighted by molar-refractivity contribution is -0.143. The summed E-state index contributed by atoms with van der Waals surface area (Å²) in [6, 6.07) is -4.77. The molecule has 5 unspecified atom stereocenters. The molecule has 0 aromatic carbocycles. The van der Waals surface area contributed by atoms with Gasteiger partial charge in [0, 0.05) is 12.8 Å². The number of hydrogen-bond acceptors (Lipinski definition) is 8. The Balaban J connectivity index is 5.55. The first-order valence-corrected chi connectivity index (χ1v) is 12.6. The van der Waals surface area contributed by atoms with Crippen LogP contribution in [0.2, 0.25) is 0 Å². The second kappa shape index (κ2) is 16.7. The Hall–Kier alpha value is -2.87. The molecular formula is C21H37N5O8S. The number of carboxylic acid groups (broad SMARTS) is 2. The highest BCUT2D eigenvalue weighted by Crippen LogP contribution is 2.10. The van der Waals surface area contributed by atoms with Gasteiger partial charge >= 0.3 is 11.9 Å². The number of carbonyl (C=O) groups is 6. The van der Waals surface area contributed by atoms with Crippen molar-refractivity contribution >= 4 is 47.3 Å². The van der Waals surface area contributed by atoms with E-state index in [1.807, 2.05) is 0 Å². The van der Waals surface area contributed by atoms with Crippen molar-refractivity contribution in [3.05, 3.63) is 0 Å². The molecule has 0 radical (unpaired) electrons. The molecular weight excluding hydrogens is 482 g/mol. The first-order chi connectivity index (χ1) is 16.3. The molecule has 4 amide bonds. The van der Waals surface area contributed by atoms with E-state index in [0.29, 0.717) is 12.2 Å². The van der Waals surface area contributed by atoms with E-state index < -0.39 is 66.2 Å². The minimum absolute atomic E-state index is 0.0701. The third-order valence-corrected chi connectivity index (χ3v) is 5.98. The smallest absolute Gasteiger partial charge is 0.326 e. The maximum absolute atomic E-state index is 12.9. The van der Waals surface area contributed by atoms with Gasteiger partial charge in [-0.1, -0.05) is 20.3 Å². The van der Waals surface area contributed by atoms with Gasteiger partial charge in [0.05, 0.1) is 6.04 Å². The molecule has 0 spiro atoms. The Labute approximate surface area is 208 Å². The van der Waals surface area contributed by atoms with Gasteiger partial charge in [-0.05, 0) is 37.2 Å². The van der Waals surface area contributed by atoms with E-state index in [9.17, 15) is 33.9 Å². The monoisotopic (exact) mass is 519 g/mol. The number of carboxylic acids is 2. The summed E-state index contributed by atoms with van der Waals surface area (Å²) < 4.78 is 0. The molecule has 0 saturated heterocycles. The summed E-state index contributed by atoms with van der Waals surface area (Å²) in [7, 11) is 0. The van der Waals surface area contributed by atoms with Gasteiger partial charge < -0.3 is 37.6 Å². The Bertz CT molecular complexity index is 766. The van der Waals surface area contributed by atoms with Gasteiger partial charge in [0.2, 0.25) is 23.6 Å². The summed E-state index contributed by atoms with van der Waals surface area (Å²) in [6.45, 7) is 3.46.